The number of pyridine rings is 1. The van der Waals surface area contributed by atoms with E-state index in [1.54, 1.807) is 30.3 Å². The summed E-state index contributed by atoms with van der Waals surface area (Å²) in [6, 6.07) is 18.2. The van der Waals surface area contributed by atoms with Gasteiger partial charge in [-0.05, 0) is 69.3 Å². The molecule has 1 heterocycles. The number of aromatic carboxylic acids is 1. The number of sulfonamides is 1. The number of anilines is 1. The predicted molar refractivity (Wildman–Crippen MR) is 129 cm³/mol. The van der Waals surface area contributed by atoms with Gasteiger partial charge in [-0.15, -0.1) is 13.2 Å². The molecular weight excluding hydrogens is 565 g/mol. The third-order valence-electron chi connectivity index (χ3n) is 5.11. The van der Waals surface area contributed by atoms with Crippen LogP contribution < -0.4 is 9.04 Å². The van der Waals surface area contributed by atoms with Crippen molar-refractivity contribution in [2.45, 2.75) is 17.8 Å². The second kappa shape index (κ2) is 9.78. The molecule has 0 saturated heterocycles. The average Bonchev–Trinajstić information content (AvgIpc) is 2.82. The van der Waals surface area contributed by atoms with Gasteiger partial charge in [0.15, 0.2) is 0 Å². The number of alkyl halides is 3. The van der Waals surface area contributed by atoms with Gasteiger partial charge in [-0.25, -0.2) is 22.5 Å². The van der Waals surface area contributed by atoms with Gasteiger partial charge in [0, 0.05) is 5.39 Å². The van der Waals surface area contributed by atoms with Gasteiger partial charge in [0.1, 0.15) is 16.2 Å². The monoisotopic (exact) mass is 580 g/mol. The van der Waals surface area contributed by atoms with E-state index in [1.807, 2.05) is 0 Å². The van der Waals surface area contributed by atoms with E-state index in [0.29, 0.717) is 15.6 Å². The van der Waals surface area contributed by atoms with Crippen LogP contribution in [0.15, 0.2) is 88.4 Å². The molecular formula is C24H16BrF3N2O5S. The van der Waals surface area contributed by atoms with E-state index in [-0.39, 0.29) is 22.8 Å². The Labute approximate surface area is 211 Å². The fourth-order valence-corrected chi connectivity index (χ4v) is 5.35. The highest BCUT2D eigenvalue weighted by molar-refractivity contribution is 9.10. The first kappa shape index (κ1) is 25.5. The van der Waals surface area contributed by atoms with Crippen LogP contribution >= 0.6 is 15.9 Å². The number of nitrogens with zero attached hydrogens (tertiary/aromatic N) is 2. The van der Waals surface area contributed by atoms with Crippen LogP contribution in [0.3, 0.4) is 0 Å². The number of fused-ring (bicyclic) bond motifs is 1. The summed E-state index contributed by atoms with van der Waals surface area (Å²) in [6.07, 6.45) is -4.86. The molecule has 4 aromatic rings. The van der Waals surface area contributed by atoms with Crippen LogP contribution in [0.1, 0.15) is 15.9 Å². The Balaban J connectivity index is 1.78. The predicted octanol–water partition coefficient (Wildman–Crippen LogP) is 5.99. The highest BCUT2D eigenvalue weighted by Gasteiger charge is 2.31. The first-order chi connectivity index (χ1) is 16.9. The number of ether oxygens (including phenoxy) is 1. The number of benzene rings is 3. The van der Waals surface area contributed by atoms with Gasteiger partial charge in [-0.2, -0.15) is 0 Å². The Hall–Kier alpha value is -3.64. The van der Waals surface area contributed by atoms with Crippen LogP contribution in [0.5, 0.6) is 5.75 Å². The maximum atomic E-state index is 13.7. The second-order valence-corrected chi connectivity index (χ2v) is 10.1. The number of carboxylic acids is 1. The number of halogens is 4. The van der Waals surface area contributed by atoms with Gasteiger partial charge < -0.3 is 9.84 Å². The Bertz CT molecular complexity index is 1530. The molecule has 0 fully saturated rings. The SMILES string of the molecule is O=C(O)c1ccc(S(=O)(=O)N(Cc2ccc(OC(F)(F)F)cc2)c2cc3ccccc3c(Br)n2)cc1. The molecule has 1 aromatic heterocycles. The summed E-state index contributed by atoms with van der Waals surface area (Å²) in [7, 11) is -4.27. The molecule has 0 atom stereocenters. The summed E-state index contributed by atoms with van der Waals surface area (Å²) in [5.74, 6) is -1.60. The summed E-state index contributed by atoms with van der Waals surface area (Å²) in [5, 5.41) is 10.6. The van der Waals surface area contributed by atoms with Crippen LogP contribution in [-0.2, 0) is 16.6 Å². The molecule has 0 aliphatic carbocycles. The molecule has 0 saturated carbocycles. The third kappa shape index (κ3) is 5.60. The van der Waals surface area contributed by atoms with Crippen molar-refractivity contribution in [2.24, 2.45) is 0 Å². The van der Waals surface area contributed by atoms with Crippen molar-refractivity contribution in [1.82, 2.24) is 4.98 Å². The van der Waals surface area contributed by atoms with Gasteiger partial charge in [0.25, 0.3) is 10.0 Å². The number of carboxylic acid groups (broad SMARTS) is 1. The van der Waals surface area contributed by atoms with Gasteiger partial charge in [-0.1, -0.05) is 36.4 Å². The van der Waals surface area contributed by atoms with Crippen molar-refractivity contribution < 1.29 is 36.2 Å². The number of hydrogen-bond donors (Lipinski definition) is 1. The Morgan fingerprint density at radius 1 is 1.00 bits per heavy atom. The molecule has 12 heteroatoms. The summed E-state index contributed by atoms with van der Waals surface area (Å²) in [5.41, 5.74) is 0.272. The maximum absolute atomic E-state index is 13.7. The van der Waals surface area contributed by atoms with E-state index in [4.69, 9.17) is 5.11 Å². The number of aromatic nitrogens is 1. The Morgan fingerprint density at radius 3 is 2.25 bits per heavy atom. The normalized spacial score (nSPS) is 11.9. The smallest absolute Gasteiger partial charge is 0.478 e. The third-order valence-corrected chi connectivity index (χ3v) is 7.48. The minimum absolute atomic E-state index is 0.0542. The van der Waals surface area contributed by atoms with Crippen LogP contribution in [-0.4, -0.2) is 30.8 Å². The van der Waals surface area contributed by atoms with E-state index >= 15 is 0 Å². The summed E-state index contributed by atoms with van der Waals surface area (Å²) in [6.45, 7) is -0.271. The first-order valence-corrected chi connectivity index (χ1v) is 12.4. The van der Waals surface area contributed by atoms with Gasteiger partial charge in [0.05, 0.1) is 17.0 Å². The van der Waals surface area contributed by atoms with Crippen LogP contribution in [0.25, 0.3) is 10.8 Å². The standard InChI is InChI=1S/C24H16BrF3N2O5S/c25-22-20-4-2-1-3-17(20)13-21(29-22)30(14-15-5-9-18(10-6-15)35-24(26,27)28)36(33,34)19-11-7-16(8-12-19)23(31)32/h1-13H,14H2,(H,31,32). The zero-order valence-corrected chi connectivity index (χ0v) is 20.5. The minimum atomic E-state index is -4.86. The molecule has 0 aliphatic rings. The van der Waals surface area contributed by atoms with Crippen molar-refractivity contribution in [3.8, 4) is 5.75 Å². The maximum Gasteiger partial charge on any atom is 0.573 e. The topological polar surface area (TPSA) is 96.8 Å². The molecule has 1 N–H and O–H groups in total. The highest BCUT2D eigenvalue weighted by atomic mass is 79.9. The van der Waals surface area contributed by atoms with Crippen molar-refractivity contribution in [3.05, 3.63) is 94.6 Å². The molecule has 7 nitrogen and oxygen atoms in total. The molecule has 4 rings (SSSR count). The lowest BCUT2D eigenvalue weighted by Gasteiger charge is -2.24. The molecule has 0 unspecified atom stereocenters. The molecule has 36 heavy (non-hydrogen) atoms. The van der Waals surface area contributed by atoms with Crippen molar-refractivity contribution in [3.63, 3.8) is 0 Å². The van der Waals surface area contributed by atoms with Crippen LogP contribution in [0.2, 0.25) is 0 Å². The molecule has 0 amide bonds. The largest absolute Gasteiger partial charge is 0.573 e. The lowest BCUT2D eigenvalue weighted by Crippen LogP contribution is -2.31. The first-order valence-electron chi connectivity index (χ1n) is 10.2. The van der Waals surface area contributed by atoms with Gasteiger partial charge >= 0.3 is 12.3 Å². The van der Waals surface area contributed by atoms with Crippen molar-refractivity contribution >= 4 is 48.5 Å². The van der Waals surface area contributed by atoms with E-state index in [1.165, 1.54) is 36.4 Å². The Morgan fingerprint density at radius 2 is 1.64 bits per heavy atom. The van der Waals surface area contributed by atoms with E-state index < -0.39 is 28.1 Å². The lowest BCUT2D eigenvalue weighted by molar-refractivity contribution is -0.274. The molecule has 0 bridgehead atoms. The molecule has 0 aliphatic heterocycles. The number of carbonyl (C=O) groups is 1. The fraction of sp³-hybridized carbons (Fsp3) is 0.0833. The van der Waals surface area contributed by atoms with E-state index in [0.717, 1.165) is 21.8 Å². The molecule has 0 radical (unpaired) electrons. The highest BCUT2D eigenvalue weighted by Crippen LogP contribution is 2.31. The average molecular weight is 581 g/mol. The zero-order chi connectivity index (χ0) is 26.1. The zero-order valence-electron chi connectivity index (χ0n) is 18.1. The van der Waals surface area contributed by atoms with Crippen LogP contribution in [0, 0.1) is 0 Å². The van der Waals surface area contributed by atoms with Crippen LogP contribution in [0.4, 0.5) is 19.0 Å². The van der Waals surface area contributed by atoms with Crippen molar-refractivity contribution in [1.29, 1.82) is 0 Å². The van der Waals surface area contributed by atoms with Crippen molar-refractivity contribution in [2.75, 3.05) is 4.31 Å². The number of rotatable bonds is 7. The fourth-order valence-electron chi connectivity index (χ4n) is 3.42. The second-order valence-electron chi connectivity index (χ2n) is 7.53. The summed E-state index contributed by atoms with van der Waals surface area (Å²) >= 11 is 3.37. The minimum Gasteiger partial charge on any atom is -0.478 e. The van der Waals surface area contributed by atoms with Gasteiger partial charge in [0.2, 0.25) is 0 Å². The van der Waals surface area contributed by atoms with E-state index in [9.17, 15) is 26.4 Å². The molecule has 186 valence electrons. The summed E-state index contributed by atoms with van der Waals surface area (Å²) < 4.78 is 70.1. The Kier molecular flexibility index (Phi) is 6.92. The lowest BCUT2D eigenvalue weighted by atomic mass is 10.2. The van der Waals surface area contributed by atoms with E-state index in [2.05, 4.69) is 25.7 Å². The summed E-state index contributed by atoms with van der Waals surface area (Å²) in [4.78, 5) is 15.4. The molecule has 0 spiro atoms. The quantitative estimate of drug-likeness (QED) is 0.270. The van der Waals surface area contributed by atoms with Gasteiger partial charge in [-0.3, -0.25) is 0 Å². The number of hydrogen-bond acceptors (Lipinski definition) is 5. The molecule has 3 aromatic carbocycles.